The van der Waals surface area contributed by atoms with E-state index in [9.17, 15) is 5.11 Å². The zero-order valence-corrected chi connectivity index (χ0v) is 21.2. The van der Waals surface area contributed by atoms with E-state index in [1.807, 2.05) is 19.9 Å². The van der Waals surface area contributed by atoms with Gasteiger partial charge in [0, 0.05) is 34.8 Å². The predicted octanol–water partition coefficient (Wildman–Crippen LogP) is 4.75. The van der Waals surface area contributed by atoms with Crippen molar-refractivity contribution in [1.29, 1.82) is 5.26 Å². The Morgan fingerprint density at radius 2 is 2.05 bits per heavy atom. The van der Waals surface area contributed by atoms with Gasteiger partial charge in [-0.1, -0.05) is 23.7 Å². The third-order valence-corrected chi connectivity index (χ3v) is 7.14. The van der Waals surface area contributed by atoms with Gasteiger partial charge in [-0.2, -0.15) is 5.26 Å². The van der Waals surface area contributed by atoms with Crippen molar-refractivity contribution in [3.05, 3.63) is 64.5 Å². The van der Waals surface area contributed by atoms with Crippen LogP contribution in [0.25, 0.3) is 22.3 Å². The number of methoxy groups -OCH3 is 1. The molecule has 190 valence electrons. The second kappa shape index (κ2) is 9.94. The molecule has 2 aromatic carbocycles. The van der Waals surface area contributed by atoms with Crippen LogP contribution in [0.3, 0.4) is 0 Å². The first-order chi connectivity index (χ1) is 17.8. The van der Waals surface area contributed by atoms with Crippen LogP contribution in [-0.2, 0) is 0 Å². The first-order valence-electron chi connectivity index (χ1n) is 11.7. The number of nitriles is 1. The molecule has 0 spiro atoms. The molecule has 1 saturated heterocycles. The number of halogens is 2. The summed E-state index contributed by atoms with van der Waals surface area (Å²) in [5.41, 5.74) is 4.07. The van der Waals surface area contributed by atoms with Gasteiger partial charge in [-0.3, -0.25) is 4.90 Å². The van der Waals surface area contributed by atoms with E-state index < -0.39 is 12.0 Å². The van der Waals surface area contributed by atoms with Gasteiger partial charge in [-0.25, -0.2) is 19.3 Å². The Balaban J connectivity index is 1.50. The van der Waals surface area contributed by atoms with Crippen LogP contribution in [0.4, 0.5) is 10.2 Å². The number of nitrogens with one attached hydrogen (secondary N) is 2. The van der Waals surface area contributed by atoms with Gasteiger partial charge in [0.2, 0.25) is 0 Å². The number of hydrogen-bond donors (Lipinski definition) is 3. The van der Waals surface area contributed by atoms with Crippen molar-refractivity contribution in [2.45, 2.75) is 26.1 Å². The van der Waals surface area contributed by atoms with E-state index in [1.165, 1.54) is 12.4 Å². The SMILES string of the molecule is COc1c(C(C)Nc2ncnc3[nH]cnc23)cc(Cl)c(C)c1-c1ccc(C(O)N2CC(C#N)C2)c(F)c1. The summed E-state index contributed by atoms with van der Waals surface area (Å²) >= 11 is 6.65. The number of aliphatic hydroxyl groups is 1. The Labute approximate surface area is 217 Å². The highest BCUT2D eigenvalue weighted by molar-refractivity contribution is 6.32. The number of benzene rings is 2. The van der Waals surface area contributed by atoms with Gasteiger partial charge in [-0.05, 0) is 37.1 Å². The number of aromatic amines is 1. The van der Waals surface area contributed by atoms with Gasteiger partial charge in [0.15, 0.2) is 11.5 Å². The molecule has 5 rings (SSSR count). The Kier molecular flexibility index (Phi) is 6.69. The van der Waals surface area contributed by atoms with Crippen LogP contribution in [0.1, 0.15) is 35.9 Å². The summed E-state index contributed by atoms with van der Waals surface area (Å²) in [6.07, 6.45) is 1.88. The standard InChI is InChI=1S/C26H25ClFN7O2/c1-13-19(27)7-18(14(2)34-25-22-24(31-11-30-22)32-12-33-25)23(37-3)21(13)16-4-5-17(20(28)6-16)26(36)35-9-15(8-29)10-35/h4-7,11-12,14-15,26,36H,9-10H2,1-3H3,(H2,30,31,32,33,34). The maximum atomic E-state index is 15.3. The maximum absolute atomic E-state index is 15.3. The quantitative estimate of drug-likeness (QED) is 0.318. The number of aliphatic hydroxyl groups excluding tert-OH is 1. The zero-order chi connectivity index (χ0) is 26.3. The van der Waals surface area contributed by atoms with E-state index in [1.54, 1.807) is 30.5 Å². The van der Waals surface area contributed by atoms with Crippen molar-refractivity contribution in [2.75, 3.05) is 25.5 Å². The highest BCUT2D eigenvalue weighted by Crippen LogP contribution is 2.43. The number of rotatable bonds is 7. The van der Waals surface area contributed by atoms with Gasteiger partial charge in [0.05, 0.1) is 31.5 Å². The molecular formula is C26H25ClFN7O2. The predicted molar refractivity (Wildman–Crippen MR) is 137 cm³/mol. The maximum Gasteiger partial charge on any atom is 0.162 e. The van der Waals surface area contributed by atoms with Crippen LogP contribution in [-0.4, -0.2) is 50.1 Å². The molecule has 2 atom stereocenters. The molecule has 2 unspecified atom stereocenters. The van der Waals surface area contributed by atoms with Crippen molar-refractivity contribution in [3.8, 4) is 22.9 Å². The lowest BCUT2D eigenvalue weighted by Crippen LogP contribution is -2.47. The van der Waals surface area contributed by atoms with Gasteiger partial charge in [0.25, 0.3) is 0 Å². The minimum absolute atomic E-state index is 0.143. The van der Waals surface area contributed by atoms with Crippen molar-refractivity contribution in [3.63, 3.8) is 0 Å². The third kappa shape index (κ3) is 4.46. The van der Waals surface area contributed by atoms with Crippen LogP contribution < -0.4 is 10.1 Å². The highest BCUT2D eigenvalue weighted by Gasteiger charge is 2.33. The van der Waals surface area contributed by atoms with E-state index in [0.717, 1.165) is 11.1 Å². The largest absolute Gasteiger partial charge is 0.496 e. The number of aromatic nitrogens is 4. The second-order valence-corrected chi connectivity index (χ2v) is 9.47. The average molecular weight is 522 g/mol. The van der Waals surface area contributed by atoms with Crippen molar-refractivity contribution in [2.24, 2.45) is 5.92 Å². The molecule has 3 heterocycles. The summed E-state index contributed by atoms with van der Waals surface area (Å²) in [6, 6.07) is 8.35. The minimum Gasteiger partial charge on any atom is -0.496 e. The smallest absolute Gasteiger partial charge is 0.162 e. The van der Waals surface area contributed by atoms with Gasteiger partial charge in [-0.15, -0.1) is 0 Å². The topological polar surface area (TPSA) is 123 Å². The van der Waals surface area contributed by atoms with Crippen LogP contribution in [0.2, 0.25) is 5.02 Å². The Morgan fingerprint density at radius 1 is 1.27 bits per heavy atom. The fourth-order valence-corrected chi connectivity index (χ4v) is 4.88. The lowest BCUT2D eigenvalue weighted by atomic mass is 9.92. The molecule has 11 heteroatoms. The Bertz CT molecular complexity index is 1510. The van der Waals surface area contributed by atoms with Crippen molar-refractivity contribution in [1.82, 2.24) is 24.8 Å². The number of H-pyrrole nitrogens is 1. The molecule has 0 saturated carbocycles. The molecule has 0 amide bonds. The molecule has 1 aliphatic heterocycles. The summed E-state index contributed by atoms with van der Waals surface area (Å²) in [5.74, 6) is 0.395. The summed E-state index contributed by atoms with van der Waals surface area (Å²) in [7, 11) is 1.56. The second-order valence-electron chi connectivity index (χ2n) is 9.06. The third-order valence-electron chi connectivity index (χ3n) is 6.75. The molecule has 1 fully saturated rings. The van der Waals surface area contributed by atoms with Crippen LogP contribution >= 0.6 is 11.6 Å². The molecule has 0 bridgehead atoms. The molecular weight excluding hydrogens is 497 g/mol. The Morgan fingerprint density at radius 3 is 2.76 bits per heavy atom. The fourth-order valence-electron chi connectivity index (χ4n) is 4.67. The van der Waals surface area contributed by atoms with Crippen molar-refractivity contribution < 1.29 is 14.2 Å². The van der Waals surface area contributed by atoms with Crippen LogP contribution in [0.15, 0.2) is 36.9 Å². The molecule has 2 aromatic heterocycles. The van der Waals surface area contributed by atoms with E-state index in [2.05, 4.69) is 31.3 Å². The van der Waals surface area contributed by atoms with E-state index in [4.69, 9.17) is 21.6 Å². The summed E-state index contributed by atoms with van der Waals surface area (Å²) in [4.78, 5) is 17.4. The van der Waals surface area contributed by atoms with Gasteiger partial charge >= 0.3 is 0 Å². The van der Waals surface area contributed by atoms with E-state index >= 15 is 4.39 Å². The van der Waals surface area contributed by atoms with Crippen molar-refractivity contribution >= 4 is 28.6 Å². The molecule has 4 aromatic rings. The average Bonchev–Trinajstić information content (AvgIpc) is 3.34. The fraction of sp³-hybridized carbons (Fsp3) is 0.308. The number of anilines is 1. The van der Waals surface area contributed by atoms with Crippen LogP contribution in [0, 0.1) is 30.0 Å². The van der Waals surface area contributed by atoms with E-state index in [-0.39, 0.29) is 17.5 Å². The van der Waals surface area contributed by atoms with Crippen LogP contribution in [0.5, 0.6) is 5.75 Å². The number of likely N-dealkylation sites (tertiary alicyclic amines) is 1. The zero-order valence-electron chi connectivity index (χ0n) is 20.5. The van der Waals surface area contributed by atoms with E-state index in [0.29, 0.717) is 52.0 Å². The van der Waals surface area contributed by atoms with Gasteiger partial charge < -0.3 is 20.1 Å². The lowest BCUT2D eigenvalue weighted by Gasteiger charge is -2.39. The summed E-state index contributed by atoms with van der Waals surface area (Å²) < 4.78 is 21.1. The number of ether oxygens (including phenoxy) is 1. The number of nitrogens with zero attached hydrogens (tertiary/aromatic N) is 5. The molecule has 0 aliphatic carbocycles. The molecule has 3 N–H and O–H groups in total. The molecule has 1 aliphatic rings. The number of fused-ring (bicyclic) bond motifs is 1. The number of imidazole rings is 1. The molecule has 9 nitrogen and oxygen atoms in total. The first kappa shape index (κ1) is 24.9. The minimum atomic E-state index is -1.12. The van der Waals surface area contributed by atoms with Gasteiger partial charge in [0.1, 0.15) is 29.6 Å². The summed E-state index contributed by atoms with van der Waals surface area (Å²) in [6.45, 7) is 4.61. The lowest BCUT2D eigenvalue weighted by molar-refractivity contribution is -0.0560. The molecule has 0 radical (unpaired) electrons. The first-order valence-corrected chi connectivity index (χ1v) is 12.1. The normalized spacial score (nSPS) is 15.7. The summed E-state index contributed by atoms with van der Waals surface area (Å²) in [5, 5.41) is 23.4. The number of hydrogen-bond acceptors (Lipinski definition) is 8. The molecule has 37 heavy (non-hydrogen) atoms. The monoisotopic (exact) mass is 521 g/mol. The highest BCUT2D eigenvalue weighted by atomic mass is 35.5. The Hall–Kier alpha value is -3.78.